The number of nitrogens with zero attached hydrogens (tertiary/aromatic N) is 6. The predicted octanol–water partition coefficient (Wildman–Crippen LogP) is 5.96. The summed E-state index contributed by atoms with van der Waals surface area (Å²) in [4.78, 5) is 22.3. The van der Waals surface area contributed by atoms with E-state index in [0.29, 0.717) is 46.5 Å². The lowest BCUT2D eigenvalue weighted by Crippen LogP contribution is -2.50. The average Bonchev–Trinajstić information content (AvgIpc) is 3.25. The maximum atomic E-state index is 14.6. The molecule has 3 aromatic carbocycles. The SMILES string of the molecule is Cc1ccc2c(c1)c1nnc(SC(C)C(=O)N3CCN(c4cccc(Cl)c4)CC3)nc1n2Cc1ccccc1F. The van der Waals surface area contributed by atoms with E-state index in [1.165, 1.54) is 17.8 Å². The second kappa shape index (κ2) is 11.1. The molecular formula is C30H28ClFN6OS. The second-order valence-corrected chi connectivity index (χ2v) is 11.8. The maximum Gasteiger partial charge on any atom is 0.236 e. The zero-order valence-corrected chi connectivity index (χ0v) is 23.8. The molecule has 5 aromatic rings. The standard InChI is InChI=1S/C30H28ClFN6OS/c1-19-10-11-26-24(16-19)27-28(38(26)18-21-6-3-4-9-25(21)32)33-30(35-34-27)40-20(2)29(39)37-14-12-36(13-15-37)23-8-5-7-22(31)17-23/h3-11,16-17,20H,12-15,18H2,1-2H3. The molecule has 0 aliphatic carbocycles. The third kappa shape index (κ3) is 5.23. The normalized spacial score (nSPS) is 14.7. The van der Waals surface area contributed by atoms with Crippen LogP contribution in [0.3, 0.4) is 0 Å². The van der Waals surface area contributed by atoms with E-state index in [1.807, 2.05) is 71.8 Å². The zero-order valence-electron chi connectivity index (χ0n) is 22.2. The molecule has 0 bridgehead atoms. The number of carbonyl (C=O) groups excluding carboxylic acids is 1. The summed E-state index contributed by atoms with van der Waals surface area (Å²) < 4.78 is 16.6. The monoisotopic (exact) mass is 574 g/mol. The Morgan fingerprint density at radius 3 is 2.60 bits per heavy atom. The van der Waals surface area contributed by atoms with E-state index in [-0.39, 0.29) is 17.0 Å². The lowest BCUT2D eigenvalue weighted by molar-refractivity contribution is -0.130. The van der Waals surface area contributed by atoms with Crippen molar-refractivity contribution in [3.05, 3.63) is 88.7 Å². The molecule has 7 nitrogen and oxygen atoms in total. The lowest BCUT2D eigenvalue weighted by Gasteiger charge is -2.37. The van der Waals surface area contributed by atoms with Gasteiger partial charge in [0.2, 0.25) is 11.1 Å². The molecule has 1 amide bonds. The number of halogens is 2. The third-order valence-corrected chi connectivity index (χ3v) is 8.46. The van der Waals surface area contributed by atoms with Crippen LogP contribution in [-0.2, 0) is 11.3 Å². The Bertz CT molecular complexity index is 1720. The Kier molecular flexibility index (Phi) is 7.33. The van der Waals surface area contributed by atoms with Gasteiger partial charge in [-0.15, -0.1) is 10.2 Å². The molecule has 1 fully saturated rings. The number of rotatable bonds is 6. The Morgan fingerprint density at radius 2 is 1.82 bits per heavy atom. The van der Waals surface area contributed by atoms with Gasteiger partial charge < -0.3 is 14.4 Å². The van der Waals surface area contributed by atoms with Gasteiger partial charge in [-0.05, 0) is 50.2 Å². The van der Waals surface area contributed by atoms with E-state index in [9.17, 15) is 9.18 Å². The van der Waals surface area contributed by atoms with Crippen LogP contribution in [-0.4, -0.2) is 62.0 Å². The van der Waals surface area contributed by atoms with Gasteiger partial charge >= 0.3 is 0 Å². The van der Waals surface area contributed by atoms with Crippen molar-refractivity contribution in [1.29, 1.82) is 0 Å². The quantitative estimate of drug-likeness (QED) is 0.233. The fourth-order valence-corrected chi connectivity index (χ4v) is 6.16. The van der Waals surface area contributed by atoms with Crippen LogP contribution in [0.5, 0.6) is 0 Å². The summed E-state index contributed by atoms with van der Waals surface area (Å²) >= 11 is 7.45. The van der Waals surface area contributed by atoms with Crippen molar-refractivity contribution in [3.8, 4) is 0 Å². The molecule has 40 heavy (non-hydrogen) atoms. The van der Waals surface area contributed by atoms with Crippen LogP contribution in [0.15, 0.2) is 71.9 Å². The Balaban J connectivity index is 1.22. The number of carbonyl (C=O) groups is 1. The molecule has 0 N–H and O–H groups in total. The minimum Gasteiger partial charge on any atom is -0.368 e. The molecule has 0 spiro atoms. The average molecular weight is 575 g/mol. The van der Waals surface area contributed by atoms with Crippen LogP contribution in [0.25, 0.3) is 22.1 Å². The Labute approximate surface area is 241 Å². The summed E-state index contributed by atoms with van der Waals surface area (Å²) in [6.07, 6.45) is 0. The van der Waals surface area contributed by atoms with Crippen LogP contribution in [0.2, 0.25) is 5.02 Å². The zero-order chi connectivity index (χ0) is 27.8. The number of fused-ring (bicyclic) bond motifs is 3. The van der Waals surface area contributed by atoms with Crippen molar-refractivity contribution in [1.82, 2.24) is 24.6 Å². The molecule has 2 aromatic heterocycles. The number of aromatic nitrogens is 4. The van der Waals surface area contributed by atoms with Gasteiger partial charge in [0, 0.05) is 47.8 Å². The number of amides is 1. The van der Waals surface area contributed by atoms with Gasteiger partial charge in [-0.3, -0.25) is 4.79 Å². The molecule has 1 unspecified atom stereocenters. The molecule has 3 heterocycles. The highest BCUT2D eigenvalue weighted by atomic mass is 35.5. The highest BCUT2D eigenvalue weighted by molar-refractivity contribution is 8.00. The number of aryl methyl sites for hydroxylation is 1. The molecule has 6 rings (SSSR count). The van der Waals surface area contributed by atoms with Gasteiger partial charge in [-0.2, -0.15) is 0 Å². The van der Waals surface area contributed by atoms with Crippen molar-refractivity contribution in [3.63, 3.8) is 0 Å². The molecule has 10 heteroatoms. The fraction of sp³-hybridized carbons (Fsp3) is 0.267. The number of thioether (sulfide) groups is 1. The molecule has 0 saturated carbocycles. The molecule has 1 aliphatic rings. The summed E-state index contributed by atoms with van der Waals surface area (Å²) in [5.41, 5.74) is 4.92. The number of hydrogen-bond donors (Lipinski definition) is 0. The predicted molar refractivity (Wildman–Crippen MR) is 159 cm³/mol. The second-order valence-electron chi connectivity index (χ2n) is 10.0. The van der Waals surface area contributed by atoms with E-state index in [2.05, 4.69) is 15.1 Å². The molecule has 1 saturated heterocycles. The first-order valence-electron chi connectivity index (χ1n) is 13.2. The summed E-state index contributed by atoms with van der Waals surface area (Å²) in [5.74, 6) is -0.224. The fourth-order valence-electron chi connectivity index (χ4n) is 5.19. The van der Waals surface area contributed by atoms with E-state index in [4.69, 9.17) is 16.6 Å². The first-order chi connectivity index (χ1) is 19.4. The minimum atomic E-state index is -0.386. The number of piperazine rings is 1. The Morgan fingerprint density at radius 1 is 1.02 bits per heavy atom. The molecular weight excluding hydrogens is 547 g/mol. The molecule has 1 aliphatic heterocycles. The van der Waals surface area contributed by atoms with E-state index in [1.54, 1.807) is 12.1 Å². The first kappa shape index (κ1) is 26.5. The highest BCUT2D eigenvalue weighted by Gasteiger charge is 2.27. The number of hydrogen-bond acceptors (Lipinski definition) is 6. The first-order valence-corrected chi connectivity index (χ1v) is 14.5. The molecule has 204 valence electrons. The van der Waals surface area contributed by atoms with E-state index in [0.717, 1.165) is 35.2 Å². The number of benzene rings is 3. The van der Waals surface area contributed by atoms with Gasteiger partial charge in [0.15, 0.2) is 5.65 Å². The lowest BCUT2D eigenvalue weighted by atomic mass is 10.1. The summed E-state index contributed by atoms with van der Waals surface area (Å²) in [7, 11) is 0. The highest BCUT2D eigenvalue weighted by Crippen LogP contribution is 2.31. The van der Waals surface area contributed by atoms with E-state index < -0.39 is 0 Å². The van der Waals surface area contributed by atoms with Crippen LogP contribution in [0, 0.1) is 12.7 Å². The van der Waals surface area contributed by atoms with Crippen LogP contribution in [0.1, 0.15) is 18.1 Å². The Hall–Kier alpha value is -3.69. The van der Waals surface area contributed by atoms with Crippen molar-refractivity contribution in [2.24, 2.45) is 0 Å². The largest absolute Gasteiger partial charge is 0.368 e. The third-order valence-electron chi connectivity index (χ3n) is 7.28. The van der Waals surface area contributed by atoms with Gasteiger partial charge in [0.1, 0.15) is 11.3 Å². The maximum absolute atomic E-state index is 14.6. The van der Waals surface area contributed by atoms with Gasteiger partial charge in [0.05, 0.1) is 17.3 Å². The van der Waals surface area contributed by atoms with Crippen molar-refractivity contribution in [2.75, 3.05) is 31.1 Å². The summed E-state index contributed by atoms with van der Waals surface area (Å²) in [6.45, 7) is 6.94. The van der Waals surface area contributed by atoms with Gasteiger partial charge in [0.25, 0.3) is 0 Å². The van der Waals surface area contributed by atoms with Crippen LogP contribution < -0.4 is 4.90 Å². The van der Waals surface area contributed by atoms with E-state index >= 15 is 0 Å². The summed E-state index contributed by atoms with van der Waals surface area (Å²) in [6, 6.07) is 20.6. The van der Waals surface area contributed by atoms with Crippen molar-refractivity contribution >= 4 is 57.0 Å². The topological polar surface area (TPSA) is 67.2 Å². The van der Waals surface area contributed by atoms with Crippen molar-refractivity contribution in [2.45, 2.75) is 30.8 Å². The van der Waals surface area contributed by atoms with Crippen molar-refractivity contribution < 1.29 is 9.18 Å². The van der Waals surface area contributed by atoms with Gasteiger partial charge in [-0.25, -0.2) is 9.37 Å². The molecule has 1 atom stereocenters. The van der Waals surface area contributed by atoms with Gasteiger partial charge in [-0.1, -0.05) is 59.3 Å². The van der Waals surface area contributed by atoms with Crippen LogP contribution >= 0.6 is 23.4 Å². The minimum absolute atomic E-state index is 0.0435. The molecule has 0 radical (unpaired) electrons. The number of anilines is 1. The summed E-state index contributed by atoms with van der Waals surface area (Å²) in [5, 5.41) is 10.6. The smallest absolute Gasteiger partial charge is 0.236 e. The van der Waals surface area contributed by atoms with Crippen LogP contribution in [0.4, 0.5) is 10.1 Å².